The van der Waals surface area contributed by atoms with E-state index in [0.29, 0.717) is 37.1 Å². The molecule has 0 saturated heterocycles. The van der Waals surface area contributed by atoms with Crippen molar-refractivity contribution in [3.63, 3.8) is 0 Å². The van der Waals surface area contributed by atoms with Gasteiger partial charge in [-0.1, -0.05) is 0 Å². The average molecular weight is 394 g/mol. The Bertz CT molecular complexity index is 836. The molecule has 10 heteroatoms. The number of ether oxygens (including phenoxy) is 1. The zero-order chi connectivity index (χ0) is 19.4. The van der Waals surface area contributed by atoms with Crippen molar-refractivity contribution in [2.75, 3.05) is 12.4 Å². The number of urea groups is 1. The largest absolute Gasteiger partial charge is 0.494 e. The summed E-state index contributed by atoms with van der Waals surface area (Å²) in [5.74, 6) is -1.20. The fourth-order valence-electron chi connectivity index (χ4n) is 3.00. The summed E-state index contributed by atoms with van der Waals surface area (Å²) in [4.78, 5) is 27.3. The molecule has 1 saturated carbocycles. The molecule has 0 spiro atoms. The maximum absolute atomic E-state index is 13.8. The van der Waals surface area contributed by atoms with Crippen LogP contribution in [0, 0.1) is 11.7 Å². The van der Waals surface area contributed by atoms with Gasteiger partial charge in [-0.3, -0.25) is 10.1 Å². The van der Waals surface area contributed by atoms with E-state index < -0.39 is 17.8 Å². The van der Waals surface area contributed by atoms with Gasteiger partial charge in [-0.2, -0.15) is 9.36 Å². The second-order valence-corrected chi connectivity index (χ2v) is 7.01. The molecular weight excluding hydrogens is 375 g/mol. The minimum Gasteiger partial charge on any atom is -0.494 e. The minimum atomic E-state index is -0.783. The Hall–Kier alpha value is -2.75. The van der Waals surface area contributed by atoms with Gasteiger partial charge in [0.1, 0.15) is 0 Å². The van der Waals surface area contributed by atoms with Gasteiger partial charge in [-0.15, -0.1) is 0 Å². The Kier molecular flexibility index (Phi) is 5.84. The lowest BCUT2D eigenvalue weighted by molar-refractivity contribution is -0.142. The number of carboxylic acids is 1. The number of benzene rings is 1. The topological polar surface area (TPSA) is 113 Å². The molecule has 1 aliphatic rings. The molecule has 0 bridgehead atoms. The molecule has 0 radical (unpaired) electrons. The number of methoxy groups -OCH3 is 1. The molecule has 8 nitrogen and oxygen atoms in total. The summed E-state index contributed by atoms with van der Waals surface area (Å²) >= 11 is 0.990. The third-order valence-corrected chi connectivity index (χ3v) is 5.10. The van der Waals surface area contributed by atoms with E-state index in [-0.39, 0.29) is 22.8 Å². The second-order valence-electron chi connectivity index (χ2n) is 6.26. The molecule has 3 N–H and O–H groups in total. The summed E-state index contributed by atoms with van der Waals surface area (Å²) < 4.78 is 22.8. The van der Waals surface area contributed by atoms with Crippen LogP contribution >= 0.6 is 11.5 Å². The van der Waals surface area contributed by atoms with Gasteiger partial charge in [0.15, 0.2) is 17.4 Å². The number of anilines is 1. The Morgan fingerprint density at radius 2 is 2.04 bits per heavy atom. The van der Waals surface area contributed by atoms with E-state index >= 15 is 0 Å². The van der Waals surface area contributed by atoms with Crippen LogP contribution < -0.4 is 15.4 Å². The number of aliphatic carboxylic acids is 1. The molecular formula is C17H19FN4O4S. The first-order chi connectivity index (χ1) is 13.0. The minimum absolute atomic E-state index is 0.0660. The molecule has 1 aromatic carbocycles. The lowest BCUT2D eigenvalue weighted by Gasteiger charge is -2.26. The van der Waals surface area contributed by atoms with E-state index in [4.69, 9.17) is 9.84 Å². The molecule has 2 aromatic rings. The Labute approximate surface area is 158 Å². The Morgan fingerprint density at radius 1 is 1.30 bits per heavy atom. The summed E-state index contributed by atoms with van der Waals surface area (Å²) in [7, 11) is 1.38. The molecule has 144 valence electrons. The van der Waals surface area contributed by atoms with Gasteiger partial charge in [-0.05, 0) is 43.9 Å². The van der Waals surface area contributed by atoms with Crippen molar-refractivity contribution in [2.45, 2.75) is 31.7 Å². The maximum atomic E-state index is 13.8. The fourth-order valence-corrected chi connectivity index (χ4v) is 3.59. The molecule has 3 rings (SSSR count). The highest BCUT2D eigenvalue weighted by Gasteiger charge is 2.26. The number of hydrogen-bond donors (Lipinski definition) is 3. The average Bonchev–Trinajstić information content (AvgIpc) is 3.10. The molecule has 1 heterocycles. The standard InChI is InChI=1S/C17H19FN4O4S/c1-26-13-7-4-10(8-12(13)18)14-20-17(27-22-14)21-16(25)19-11-5-2-9(3-6-11)15(23)24/h4,7-9,11H,2-3,5-6H2,1H3,(H,23,24)(H2,19,20,21,22,25). The van der Waals surface area contributed by atoms with Crippen LogP contribution in [0.5, 0.6) is 5.75 Å². The zero-order valence-electron chi connectivity index (χ0n) is 14.6. The van der Waals surface area contributed by atoms with Crippen LogP contribution in [0.25, 0.3) is 11.4 Å². The van der Waals surface area contributed by atoms with Crippen molar-refractivity contribution in [3.05, 3.63) is 24.0 Å². The first kappa shape index (κ1) is 19.0. The van der Waals surface area contributed by atoms with E-state index in [9.17, 15) is 14.0 Å². The van der Waals surface area contributed by atoms with E-state index in [0.717, 1.165) is 11.5 Å². The van der Waals surface area contributed by atoms with Crippen molar-refractivity contribution < 1.29 is 23.8 Å². The summed E-state index contributed by atoms with van der Waals surface area (Å²) in [6.07, 6.45) is 2.34. The van der Waals surface area contributed by atoms with Crippen LogP contribution in [0.1, 0.15) is 25.7 Å². The van der Waals surface area contributed by atoms with E-state index in [2.05, 4.69) is 20.0 Å². The molecule has 27 heavy (non-hydrogen) atoms. The zero-order valence-corrected chi connectivity index (χ0v) is 15.4. The van der Waals surface area contributed by atoms with Crippen LogP contribution in [0.15, 0.2) is 18.2 Å². The van der Waals surface area contributed by atoms with Crippen molar-refractivity contribution in [3.8, 4) is 17.1 Å². The molecule has 0 aliphatic heterocycles. The highest BCUT2D eigenvalue weighted by atomic mass is 32.1. The highest BCUT2D eigenvalue weighted by Crippen LogP contribution is 2.27. The first-order valence-corrected chi connectivity index (χ1v) is 9.21. The van der Waals surface area contributed by atoms with Crippen molar-refractivity contribution in [2.24, 2.45) is 5.92 Å². The van der Waals surface area contributed by atoms with Crippen molar-refractivity contribution in [1.82, 2.24) is 14.7 Å². The number of nitrogens with one attached hydrogen (secondary N) is 2. The van der Waals surface area contributed by atoms with Crippen LogP contribution in [-0.4, -0.2) is 39.6 Å². The van der Waals surface area contributed by atoms with Gasteiger partial charge in [-0.25, -0.2) is 9.18 Å². The van der Waals surface area contributed by atoms with Crippen LogP contribution in [-0.2, 0) is 4.79 Å². The maximum Gasteiger partial charge on any atom is 0.321 e. The molecule has 2 amide bonds. The summed E-state index contributed by atoms with van der Waals surface area (Å²) in [6.45, 7) is 0. The van der Waals surface area contributed by atoms with Crippen LogP contribution in [0.3, 0.4) is 0 Å². The predicted molar refractivity (Wildman–Crippen MR) is 97.4 cm³/mol. The Morgan fingerprint density at radius 3 is 2.67 bits per heavy atom. The number of rotatable bonds is 5. The van der Waals surface area contributed by atoms with E-state index in [1.54, 1.807) is 6.07 Å². The van der Waals surface area contributed by atoms with Gasteiger partial charge < -0.3 is 15.2 Å². The normalized spacial score (nSPS) is 19.3. The van der Waals surface area contributed by atoms with Gasteiger partial charge in [0, 0.05) is 23.1 Å². The molecule has 1 fully saturated rings. The van der Waals surface area contributed by atoms with Gasteiger partial charge in [0.25, 0.3) is 0 Å². The number of nitrogens with zero attached hydrogens (tertiary/aromatic N) is 2. The summed E-state index contributed by atoms with van der Waals surface area (Å²) in [6, 6.07) is 3.90. The second kappa shape index (κ2) is 8.30. The lowest BCUT2D eigenvalue weighted by Crippen LogP contribution is -2.40. The lowest BCUT2D eigenvalue weighted by atomic mass is 9.86. The molecule has 1 aromatic heterocycles. The first-order valence-electron chi connectivity index (χ1n) is 8.44. The summed E-state index contributed by atoms with van der Waals surface area (Å²) in [5, 5.41) is 14.7. The molecule has 1 aliphatic carbocycles. The van der Waals surface area contributed by atoms with Crippen molar-refractivity contribution >= 4 is 28.7 Å². The molecule has 0 atom stereocenters. The van der Waals surface area contributed by atoms with E-state index in [1.165, 1.54) is 19.2 Å². The van der Waals surface area contributed by atoms with Crippen LogP contribution in [0.2, 0.25) is 0 Å². The fraction of sp³-hybridized carbons (Fsp3) is 0.412. The number of carbonyl (C=O) groups is 2. The van der Waals surface area contributed by atoms with Gasteiger partial charge in [0.05, 0.1) is 13.0 Å². The number of carboxylic acid groups (broad SMARTS) is 1. The number of amides is 2. The Balaban J connectivity index is 1.55. The highest BCUT2D eigenvalue weighted by molar-refractivity contribution is 7.10. The third-order valence-electron chi connectivity index (χ3n) is 4.47. The summed E-state index contributed by atoms with van der Waals surface area (Å²) in [5.41, 5.74) is 0.477. The SMILES string of the molecule is COc1ccc(-c2nsc(NC(=O)NC3CCC(C(=O)O)CC3)n2)cc1F. The number of aromatic nitrogens is 2. The van der Waals surface area contributed by atoms with Gasteiger partial charge in [0.2, 0.25) is 5.13 Å². The monoisotopic (exact) mass is 394 g/mol. The number of halogens is 1. The molecule has 0 unspecified atom stereocenters. The van der Waals surface area contributed by atoms with Crippen molar-refractivity contribution in [1.29, 1.82) is 0 Å². The number of carbonyl (C=O) groups excluding carboxylic acids is 1. The van der Waals surface area contributed by atoms with Gasteiger partial charge >= 0.3 is 12.0 Å². The van der Waals surface area contributed by atoms with Crippen LogP contribution in [0.4, 0.5) is 14.3 Å². The quantitative estimate of drug-likeness (QED) is 0.718. The predicted octanol–water partition coefficient (Wildman–Crippen LogP) is 3.12. The number of hydrogen-bond acceptors (Lipinski definition) is 6. The third kappa shape index (κ3) is 4.70. The smallest absolute Gasteiger partial charge is 0.321 e. The van der Waals surface area contributed by atoms with E-state index in [1.807, 2.05) is 0 Å².